The van der Waals surface area contributed by atoms with Gasteiger partial charge < -0.3 is 4.74 Å². The van der Waals surface area contributed by atoms with Gasteiger partial charge in [0.1, 0.15) is 25.0 Å². The molecule has 2 aromatic rings. The first-order valence-corrected chi connectivity index (χ1v) is 5.64. The summed E-state index contributed by atoms with van der Waals surface area (Å²) in [7, 11) is 0. The highest BCUT2D eigenvalue weighted by atomic mass is 35.5. The van der Waals surface area contributed by atoms with Gasteiger partial charge in [0.2, 0.25) is 0 Å². The molecule has 1 aliphatic heterocycles. The van der Waals surface area contributed by atoms with Crippen molar-refractivity contribution in [3.63, 3.8) is 0 Å². The number of rotatable bonds is 2. The van der Waals surface area contributed by atoms with E-state index in [-0.39, 0.29) is 0 Å². The third-order valence-corrected chi connectivity index (χ3v) is 3.13. The Bertz CT molecular complexity index is 563. The number of fused-ring (bicyclic) bond motifs is 1. The third-order valence-electron chi connectivity index (χ3n) is 2.66. The first kappa shape index (κ1) is 10.4. The summed E-state index contributed by atoms with van der Waals surface area (Å²) in [5.74, 6) is 0.833. The van der Waals surface area contributed by atoms with Gasteiger partial charge in [0.05, 0.1) is 11.6 Å². The van der Waals surface area contributed by atoms with E-state index in [0.717, 1.165) is 21.9 Å². The monoisotopic (exact) mass is 247 g/mol. The van der Waals surface area contributed by atoms with Crippen LogP contribution in [0.1, 0.15) is 5.56 Å². The Balaban J connectivity index is 1.96. The van der Waals surface area contributed by atoms with Gasteiger partial charge in [-0.1, -0.05) is 23.7 Å². The van der Waals surface area contributed by atoms with Crippen LogP contribution in [-0.2, 0) is 6.54 Å². The molecule has 0 saturated heterocycles. The molecule has 4 nitrogen and oxygen atoms in total. The van der Waals surface area contributed by atoms with Gasteiger partial charge in [0.15, 0.2) is 0 Å². The molecule has 0 amide bonds. The highest BCUT2D eigenvalue weighted by molar-refractivity contribution is 6.49. The van der Waals surface area contributed by atoms with Crippen molar-refractivity contribution >= 4 is 16.6 Å². The lowest BCUT2D eigenvalue weighted by molar-refractivity contribution is 0.338. The Morgan fingerprint density at radius 2 is 2.24 bits per heavy atom. The molecule has 86 valence electrons. The lowest BCUT2D eigenvalue weighted by Crippen LogP contribution is -2.14. The average Bonchev–Trinajstić information content (AvgIpc) is 2.86. The summed E-state index contributed by atoms with van der Waals surface area (Å²) in [6.07, 6.45) is 3.17. The predicted molar refractivity (Wildman–Crippen MR) is 64.7 cm³/mol. The van der Waals surface area contributed by atoms with E-state index in [0.29, 0.717) is 13.2 Å². The summed E-state index contributed by atoms with van der Waals surface area (Å²) in [5.41, 5.74) is 1.95. The number of para-hydroxylation sites is 1. The van der Waals surface area contributed by atoms with E-state index in [2.05, 4.69) is 10.1 Å². The van der Waals surface area contributed by atoms with Gasteiger partial charge in [-0.3, -0.25) is 0 Å². The molecule has 2 heterocycles. The van der Waals surface area contributed by atoms with E-state index in [9.17, 15) is 0 Å². The molecule has 0 atom stereocenters. The van der Waals surface area contributed by atoms with Gasteiger partial charge in [0, 0.05) is 11.1 Å². The normalized spacial score (nSPS) is 14.4. The van der Waals surface area contributed by atoms with Crippen molar-refractivity contribution in [2.45, 2.75) is 6.54 Å². The number of ether oxygens (including phenoxy) is 1. The number of hydrogen-bond donors (Lipinski definition) is 0. The van der Waals surface area contributed by atoms with Gasteiger partial charge >= 0.3 is 0 Å². The fraction of sp³-hybridized carbons (Fsp3) is 0.167. The number of benzene rings is 1. The minimum atomic E-state index is 0.496. The van der Waals surface area contributed by atoms with Crippen LogP contribution in [0.5, 0.6) is 5.75 Å². The number of nitrogens with zero attached hydrogens (tertiary/aromatic N) is 3. The SMILES string of the molecule is ClC1=C(Cn2cncn2)COc2ccccc21. The molecule has 17 heavy (non-hydrogen) atoms. The van der Waals surface area contributed by atoms with Crippen LogP contribution < -0.4 is 4.74 Å². The Labute approximate surface area is 103 Å². The molecular weight excluding hydrogens is 238 g/mol. The van der Waals surface area contributed by atoms with E-state index in [4.69, 9.17) is 16.3 Å². The van der Waals surface area contributed by atoms with Gasteiger partial charge in [-0.25, -0.2) is 9.67 Å². The number of aromatic nitrogens is 3. The van der Waals surface area contributed by atoms with Crippen LogP contribution in [0.2, 0.25) is 0 Å². The molecule has 0 N–H and O–H groups in total. The zero-order valence-electron chi connectivity index (χ0n) is 9.01. The van der Waals surface area contributed by atoms with Crippen molar-refractivity contribution in [3.8, 4) is 5.75 Å². The summed E-state index contributed by atoms with van der Waals surface area (Å²) in [6, 6.07) is 7.76. The van der Waals surface area contributed by atoms with Crippen LogP contribution in [0.25, 0.3) is 5.03 Å². The van der Waals surface area contributed by atoms with Crippen molar-refractivity contribution < 1.29 is 4.74 Å². The molecule has 1 aromatic carbocycles. The zero-order valence-corrected chi connectivity index (χ0v) is 9.76. The Kier molecular flexibility index (Phi) is 2.57. The first-order valence-electron chi connectivity index (χ1n) is 5.27. The van der Waals surface area contributed by atoms with Crippen LogP contribution in [0.4, 0.5) is 0 Å². The second-order valence-electron chi connectivity index (χ2n) is 3.80. The van der Waals surface area contributed by atoms with Crippen LogP contribution in [0.15, 0.2) is 42.5 Å². The van der Waals surface area contributed by atoms with E-state index >= 15 is 0 Å². The van der Waals surface area contributed by atoms with E-state index in [1.165, 1.54) is 6.33 Å². The molecule has 3 rings (SSSR count). The van der Waals surface area contributed by atoms with Crippen molar-refractivity contribution in [1.29, 1.82) is 0 Å². The van der Waals surface area contributed by atoms with Crippen LogP contribution in [0, 0.1) is 0 Å². The third kappa shape index (κ3) is 1.91. The maximum absolute atomic E-state index is 6.37. The minimum absolute atomic E-state index is 0.496. The summed E-state index contributed by atoms with van der Waals surface area (Å²) in [6.45, 7) is 1.10. The van der Waals surface area contributed by atoms with Crippen LogP contribution in [-0.4, -0.2) is 21.4 Å². The van der Waals surface area contributed by atoms with Gasteiger partial charge in [-0.2, -0.15) is 5.10 Å². The second-order valence-corrected chi connectivity index (χ2v) is 4.17. The average molecular weight is 248 g/mol. The van der Waals surface area contributed by atoms with Crippen molar-refractivity contribution in [2.75, 3.05) is 6.61 Å². The summed E-state index contributed by atoms with van der Waals surface area (Å²) >= 11 is 6.37. The van der Waals surface area contributed by atoms with Crippen LogP contribution >= 0.6 is 11.6 Å². The fourth-order valence-electron chi connectivity index (χ4n) is 1.82. The summed E-state index contributed by atoms with van der Waals surface area (Å²) in [4.78, 5) is 3.90. The molecule has 0 unspecified atom stereocenters. The van der Waals surface area contributed by atoms with E-state index < -0.39 is 0 Å². The van der Waals surface area contributed by atoms with E-state index in [1.54, 1.807) is 11.0 Å². The smallest absolute Gasteiger partial charge is 0.137 e. The molecule has 0 fully saturated rings. The molecule has 0 aliphatic carbocycles. The molecule has 0 radical (unpaired) electrons. The highest BCUT2D eigenvalue weighted by Gasteiger charge is 2.18. The summed E-state index contributed by atoms with van der Waals surface area (Å²) in [5, 5.41) is 4.81. The van der Waals surface area contributed by atoms with Crippen molar-refractivity contribution in [3.05, 3.63) is 48.1 Å². The standard InChI is InChI=1S/C12H10ClN3O/c13-12-9(5-16-8-14-7-15-16)6-17-11-4-2-1-3-10(11)12/h1-4,7-8H,5-6H2. The first-order chi connectivity index (χ1) is 8.34. The maximum atomic E-state index is 6.37. The Morgan fingerprint density at radius 3 is 3.06 bits per heavy atom. The molecular formula is C12H10ClN3O. The lowest BCUT2D eigenvalue weighted by Gasteiger charge is -2.20. The van der Waals surface area contributed by atoms with Crippen molar-refractivity contribution in [2.24, 2.45) is 0 Å². The van der Waals surface area contributed by atoms with Gasteiger partial charge in [-0.05, 0) is 12.1 Å². The zero-order chi connectivity index (χ0) is 11.7. The largest absolute Gasteiger partial charge is 0.488 e. The quantitative estimate of drug-likeness (QED) is 0.818. The fourth-order valence-corrected chi connectivity index (χ4v) is 2.09. The number of hydrogen-bond acceptors (Lipinski definition) is 3. The molecule has 5 heteroatoms. The van der Waals surface area contributed by atoms with Crippen LogP contribution in [0.3, 0.4) is 0 Å². The highest BCUT2D eigenvalue weighted by Crippen LogP contribution is 2.35. The minimum Gasteiger partial charge on any atom is -0.488 e. The van der Waals surface area contributed by atoms with Crippen molar-refractivity contribution in [1.82, 2.24) is 14.8 Å². The molecule has 0 spiro atoms. The molecule has 1 aromatic heterocycles. The number of halogens is 1. The molecule has 0 saturated carbocycles. The van der Waals surface area contributed by atoms with E-state index in [1.807, 2.05) is 24.3 Å². The topological polar surface area (TPSA) is 39.9 Å². The Morgan fingerprint density at radius 1 is 1.35 bits per heavy atom. The molecule has 1 aliphatic rings. The summed E-state index contributed by atoms with van der Waals surface area (Å²) < 4.78 is 7.38. The van der Waals surface area contributed by atoms with Gasteiger partial charge in [0.25, 0.3) is 0 Å². The predicted octanol–water partition coefficient (Wildman–Crippen LogP) is 2.32. The Hall–Kier alpha value is -1.81. The van der Waals surface area contributed by atoms with Gasteiger partial charge in [-0.15, -0.1) is 0 Å². The lowest BCUT2D eigenvalue weighted by atomic mass is 10.1. The molecule has 0 bridgehead atoms. The second kappa shape index (κ2) is 4.22. The maximum Gasteiger partial charge on any atom is 0.137 e.